The molecule has 5 nitrogen and oxygen atoms in total. The Morgan fingerprint density at radius 3 is 2.96 bits per heavy atom. The summed E-state index contributed by atoms with van der Waals surface area (Å²) >= 11 is 1.88. The number of likely N-dealkylation sites (tertiary alicyclic amines) is 1. The van der Waals surface area contributed by atoms with Gasteiger partial charge in [0.25, 0.3) is 0 Å². The van der Waals surface area contributed by atoms with Crippen LogP contribution in [-0.4, -0.2) is 69.2 Å². The van der Waals surface area contributed by atoms with Crippen LogP contribution in [0.4, 0.5) is 0 Å². The van der Waals surface area contributed by atoms with E-state index < -0.39 is 0 Å². The summed E-state index contributed by atoms with van der Waals surface area (Å²) in [6, 6.07) is 4.96. The number of nitrogens with one attached hydrogen (secondary N) is 1. The van der Waals surface area contributed by atoms with Gasteiger partial charge in [-0.1, -0.05) is 6.07 Å². The molecule has 0 saturated carbocycles. The number of hydrogen-bond donors (Lipinski definition) is 1. The number of nitrogens with zero attached hydrogens (tertiary/aromatic N) is 3. The summed E-state index contributed by atoms with van der Waals surface area (Å²) in [7, 11) is 4.42. The van der Waals surface area contributed by atoms with Gasteiger partial charge >= 0.3 is 0 Å². The fourth-order valence-corrected chi connectivity index (χ4v) is 5.22. The summed E-state index contributed by atoms with van der Waals surface area (Å²) in [4.78, 5) is 11.3. The van der Waals surface area contributed by atoms with E-state index >= 15 is 0 Å². The highest BCUT2D eigenvalue weighted by molar-refractivity contribution is 14.0. The highest BCUT2D eigenvalue weighted by Gasteiger charge is 2.31. The van der Waals surface area contributed by atoms with Crippen molar-refractivity contribution in [2.75, 3.05) is 53.5 Å². The molecule has 1 aromatic heterocycles. The van der Waals surface area contributed by atoms with Gasteiger partial charge in [0.2, 0.25) is 0 Å². The molecule has 3 unspecified atom stereocenters. The molecular weight excluding hydrogens is 471 g/mol. The van der Waals surface area contributed by atoms with Crippen molar-refractivity contribution in [1.29, 1.82) is 0 Å². The van der Waals surface area contributed by atoms with Crippen LogP contribution >= 0.6 is 35.3 Å². The third kappa shape index (κ3) is 6.30. The summed E-state index contributed by atoms with van der Waals surface area (Å²) in [5.74, 6) is 2.25. The number of piperidine rings is 1. The quantitative estimate of drug-likeness (QED) is 0.363. The number of rotatable bonds is 6. The second-order valence-corrected chi connectivity index (χ2v) is 8.63. The van der Waals surface area contributed by atoms with Gasteiger partial charge in [-0.2, -0.15) is 0 Å². The predicted octanol–water partition coefficient (Wildman–Crippen LogP) is 3.68. The Balaban J connectivity index is 0.00000261. The van der Waals surface area contributed by atoms with Gasteiger partial charge in [-0.15, -0.1) is 35.3 Å². The van der Waals surface area contributed by atoms with Crippen molar-refractivity contribution in [3.8, 4) is 0 Å². The van der Waals surface area contributed by atoms with Crippen LogP contribution in [0.25, 0.3) is 0 Å². The Morgan fingerprint density at radius 1 is 1.44 bits per heavy atom. The molecule has 2 aliphatic heterocycles. The number of guanidine groups is 1. The van der Waals surface area contributed by atoms with Gasteiger partial charge in [-0.25, -0.2) is 0 Å². The number of halogens is 1. The largest absolute Gasteiger partial charge is 0.381 e. The second-order valence-electron chi connectivity index (χ2n) is 7.65. The van der Waals surface area contributed by atoms with Gasteiger partial charge in [0.15, 0.2) is 5.96 Å². The molecule has 2 saturated heterocycles. The molecule has 0 radical (unpaired) electrons. The first-order valence-corrected chi connectivity index (χ1v) is 10.9. The lowest BCUT2D eigenvalue weighted by atomic mass is 9.88. The Bertz CT molecular complexity index is 562. The molecule has 2 aliphatic rings. The topological polar surface area (TPSA) is 40.1 Å². The zero-order valence-corrected chi connectivity index (χ0v) is 20.0. The van der Waals surface area contributed by atoms with Crippen LogP contribution in [0.2, 0.25) is 0 Å². The number of hydrogen-bond acceptors (Lipinski definition) is 4. The summed E-state index contributed by atoms with van der Waals surface area (Å²) in [6.45, 7) is 7.94. The predicted molar refractivity (Wildman–Crippen MR) is 125 cm³/mol. The molecule has 0 bridgehead atoms. The summed E-state index contributed by atoms with van der Waals surface area (Å²) in [6.07, 6.45) is 3.69. The standard InChI is InChI=1S/C20H34N4OS.HI/c1-4-21-20(24(3)14-16-9-11-25-15-16)22-13-17-7-5-10-23(2)19(17)18-8-6-12-26-18;/h6,8,12,16-17,19H,4-5,7,9-11,13-15H2,1-3H3,(H,21,22);1H. The highest BCUT2D eigenvalue weighted by Crippen LogP contribution is 2.37. The maximum atomic E-state index is 5.53. The van der Waals surface area contributed by atoms with E-state index in [0.29, 0.717) is 17.9 Å². The lowest BCUT2D eigenvalue weighted by Crippen LogP contribution is -2.42. The van der Waals surface area contributed by atoms with E-state index in [9.17, 15) is 0 Å². The zero-order valence-electron chi connectivity index (χ0n) is 16.9. The molecule has 7 heteroatoms. The van der Waals surface area contributed by atoms with Crippen LogP contribution in [0.1, 0.15) is 37.1 Å². The minimum Gasteiger partial charge on any atom is -0.381 e. The Labute approximate surface area is 185 Å². The molecule has 27 heavy (non-hydrogen) atoms. The first-order valence-electron chi connectivity index (χ1n) is 9.99. The first kappa shape index (κ1) is 22.9. The van der Waals surface area contributed by atoms with Crippen molar-refractivity contribution >= 4 is 41.3 Å². The third-order valence-electron chi connectivity index (χ3n) is 5.57. The molecule has 3 rings (SSSR count). The Kier molecular flexibility index (Phi) is 9.82. The molecule has 1 aromatic rings. The third-order valence-corrected chi connectivity index (χ3v) is 6.51. The van der Waals surface area contributed by atoms with E-state index in [1.54, 1.807) is 0 Å². The average molecular weight is 506 g/mol. The van der Waals surface area contributed by atoms with Crippen LogP contribution in [0.5, 0.6) is 0 Å². The van der Waals surface area contributed by atoms with Crippen molar-refractivity contribution in [2.24, 2.45) is 16.8 Å². The minimum absolute atomic E-state index is 0. The lowest BCUT2D eigenvalue weighted by Gasteiger charge is -2.38. The van der Waals surface area contributed by atoms with E-state index in [0.717, 1.165) is 45.2 Å². The SMILES string of the molecule is CCNC(=NCC1CCCN(C)C1c1cccs1)N(C)CC1CCOC1.I. The first-order chi connectivity index (χ1) is 12.7. The maximum Gasteiger partial charge on any atom is 0.193 e. The van der Waals surface area contributed by atoms with Crippen LogP contribution in [0.3, 0.4) is 0 Å². The molecule has 3 heterocycles. The molecule has 0 aromatic carbocycles. The van der Waals surface area contributed by atoms with Gasteiger partial charge in [0, 0.05) is 50.1 Å². The van der Waals surface area contributed by atoms with Crippen molar-refractivity contribution in [3.63, 3.8) is 0 Å². The number of aliphatic imine (C=N–C) groups is 1. The number of thiophene rings is 1. The average Bonchev–Trinajstić information content (AvgIpc) is 3.32. The highest BCUT2D eigenvalue weighted by atomic mass is 127. The monoisotopic (exact) mass is 506 g/mol. The van der Waals surface area contributed by atoms with Crippen molar-refractivity contribution < 1.29 is 4.74 Å². The maximum absolute atomic E-state index is 5.53. The molecule has 0 amide bonds. The normalized spacial score (nSPS) is 26.6. The van der Waals surface area contributed by atoms with Crippen molar-refractivity contribution in [1.82, 2.24) is 15.1 Å². The fourth-order valence-electron chi connectivity index (χ4n) is 4.23. The van der Waals surface area contributed by atoms with E-state index in [1.807, 2.05) is 11.3 Å². The molecule has 2 fully saturated rings. The van der Waals surface area contributed by atoms with Crippen LogP contribution < -0.4 is 5.32 Å². The summed E-state index contributed by atoms with van der Waals surface area (Å²) in [5, 5.41) is 5.67. The molecule has 0 spiro atoms. The van der Waals surface area contributed by atoms with Gasteiger partial charge in [-0.05, 0) is 57.1 Å². The van der Waals surface area contributed by atoms with Crippen molar-refractivity contribution in [3.05, 3.63) is 22.4 Å². The van der Waals surface area contributed by atoms with Crippen LogP contribution in [-0.2, 0) is 4.74 Å². The van der Waals surface area contributed by atoms with Gasteiger partial charge in [0.1, 0.15) is 0 Å². The van der Waals surface area contributed by atoms with Crippen molar-refractivity contribution in [2.45, 2.75) is 32.2 Å². The molecule has 154 valence electrons. The zero-order chi connectivity index (χ0) is 18.4. The van der Waals surface area contributed by atoms with E-state index in [4.69, 9.17) is 9.73 Å². The van der Waals surface area contributed by atoms with E-state index in [2.05, 4.69) is 53.6 Å². The fraction of sp³-hybridized carbons (Fsp3) is 0.750. The van der Waals surface area contributed by atoms with E-state index in [-0.39, 0.29) is 24.0 Å². The molecule has 1 N–H and O–H groups in total. The summed E-state index contributed by atoms with van der Waals surface area (Å²) in [5.41, 5.74) is 0. The lowest BCUT2D eigenvalue weighted by molar-refractivity contribution is 0.128. The Morgan fingerprint density at radius 2 is 2.30 bits per heavy atom. The number of ether oxygens (including phenoxy) is 1. The van der Waals surface area contributed by atoms with Gasteiger partial charge in [0.05, 0.1) is 6.61 Å². The second kappa shape index (κ2) is 11.6. The minimum atomic E-state index is 0. The van der Waals surface area contributed by atoms with Crippen LogP contribution in [0.15, 0.2) is 22.5 Å². The molecular formula is C20H35IN4OS. The Hall–Kier alpha value is -0.380. The molecule has 0 aliphatic carbocycles. The smallest absolute Gasteiger partial charge is 0.193 e. The van der Waals surface area contributed by atoms with Crippen LogP contribution in [0, 0.1) is 11.8 Å². The molecule has 3 atom stereocenters. The van der Waals surface area contributed by atoms with Gasteiger partial charge in [-0.3, -0.25) is 9.89 Å². The van der Waals surface area contributed by atoms with Gasteiger partial charge < -0.3 is 15.0 Å². The summed E-state index contributed by atoms with van der Waals surface area (Å²) < 4.78 is 5.53. The van der Waals surface area contributed by atoms with E-state index in [1.165, 1.54) is 24.3 Å².